The van der Waals surface area contributed by atoms with Gasteiger partial charge in [-0.2, -0.15) is 0 Å². The average Bonchev–Trinajstić information content (AvgIpc) is 3.21. The summed E-state index contributed by atoms with van der Waals surface area (Å²) in [5.74, 6) is 0.268. The average molecular weight is 542 g/mol. The molecule has 0 aliphatic rings. The summed E-state index contributed by atoms with van der Waals surface area (Å²) in [4.78, 5) is 0. The van der Waals surface area contributed by atoms with Crippen LogP contribution in [-0.4, -0.2) is 5.11 Å². The number of benzene rings is 5. The molecule has 6 rings (SSSR count). The highest BCUT2D eigenvalue weighted by molar-refractivity contribution is 9.10. The van der Waals surface area contributed by atoms with Crippen molar-refractivity contribution in [2.45, 2.75) is 0 Å². The molecule has 34 heavy (non-hydrogen) atoms. The number of hydrogen-bond donors (Lipinski definition) is 1. The van der Waals surface area contributed by atoms with E-state index in [0.29, 0.717) is 0 Å². The van der Waals surface area contributed by atoms with Gasteiger partial charge in [0.25, 0.3) is 0 Å². The van der Waals surface area contributed by atoms with Crippen molar-refractivity contribution < 1.29 is 5.11 Å². The second-order valence-electron chi connectivity index (χ2n) is 8.28. The Hall–Kier alpha value is -3.11. The van der Waals surface area contributed by atoms with E-state index in [2.05, 4.69) is 70.5 Å². The van der Waals surface area contributed by atoms with Crippen LogP contribution in [-0.2, 0) is 0 Å². The Morgan fingerprint density at radius 3 is 2.12 bits per heavy atom. The molecular formula is C30H18BrClOS. The largest absolute Gasteiger partial charge is 0.508 e. The van der Waals surface area contributed by atoms with E-state index in [9.17, 15) is 5.11 Å². The first kappa shape index (κ1) is 21.4. The van der Waals surface area contributed by atoms with Gasteiger partial charge in [-0.25, -0.2) is 0 Å². The van der Waals surface area contributed by atoms with Gasteiger partial charge in [0, 0.05) is 29.7 Å². The van der Waals surface area contributed by atoms with Crippen molar-refractivity contribution in [3.63, 3.8) is 0 Å². The van der Waals surface area contributed by atoms with Gasteiger partial charge in [0.2, 0.25) is 0 Å². The minimum Gasteiger partial charge on any atom is -0.508 e. The van der Waals surface area contributed by atoms with Gasteiger partial charge in [0.05, 0.1) is 0 Å². The Balaban J connectivity index is 1.64. The van der Waals surface area contributed by atoms with Gasteiger partial charge in [0.1, 0.15) is 5.75 Å². The molecule has 0 saturated carbocycles. The predicted molar refractivity (Wildman–Crippen MR) is 150 cm³/mol. The molecule has 0 atom stereocenters. The Kier molecular flexibility index (Phi) is 5.41. The minimum atomic E-state index is 0.268. The Labute approximate surface area is 215 Å². The summed E-state index contributed by atoms with van der Waals surface area (Å²) in [6.07, 6.45) is 0. The fourth-order valence-electron chi connectivity index (χ4n) is 4.49. The highest BCUT2D eigenvalue weighted by Crippen LogP contribution is 2.44. The lowest BCUT2D eigenvalue weighted by Crippen LogP contribution is -1.84. The number of fused-ring (bicyclic) bond motifs is 3. The SMILES string of the molecule is Oc1cccc(-c2cc(-c3cccc(Br)c3)c3c(c2)sc2cc(-c4cccc(Cl)c4)ccc23)c1. The van der Waals surface area contributed by atoms with Crippen molar-refractivity contribution in [1.82, 2.24) is 0 Å². The summed E-state index contributed by atoms with van der Waals surface area (Å²) in [6.45, 7) is 0. The van der Waals surface area contributed by atoms with Crippen LogP contribution in [0.3, 0.4) is 0 Å². The quantitative estimate of drug-likeness (QED) is 0.236. The van der Waals surface area contributed by atoms with Gasteiger partial charge in [-0.3, -0.25) is 0 Å². The summed E-state index contributed by atoms with van der Waals surface area (Å²) in [5, 5.41) is 13.3. The first-order chi connectivity index (χ1) is 16.5. The van der Waals surface area contributed by atoms with Crippen molar-refractivity contribution >= 4 is 59.0 Å². The molecule has 164 valence electrons. The third-order valence-electron chi connectivity index (χ3n) is 6.05. The Bertz CT molecular complexity index is 1700. The van der Waals surface area contributed by atoms with Crippen molar-refractivity contribution in [2.24, 2.45) is 0 Å². The van der Waals surface area contributed by atoms with Crippen molar-refractivity contribution in [3.05, 3.63) is 113 Å². The minimum absolute atomic E-state index is 0.268. The van der Waals surface area contributed by atoms with E-state index < -0.39 is 0 Å². The third-order valence-corrected chi connectivity index (χ3v) is 7.87. The van der Waals surface area contributed by atoms with Gasteiger partial charge in [-0.1, -0.05) is 76.1 Å². The van der Waals surface area contributed by atoms with Gasteiger partial charge >= 0.3 is 0 Å². The standard InChI is InChI=1S/C30H18BrClOS/c31-23-7-1-6-21(12-23)27-15-22(19-5-3-9-25(33)14-19)17-29-30(27)26-11-10-20(16-28(26)34-29)18-4-2-8-24(32)13-18/h1-17,33H. The number of aromatic hydroxyl groups is 1. The van der Waals surface area contributed by atoms with Crippen LogP contribution < -0.4 is 0 Å². The van der Waals surface area contributed by atoms with E-state index >= 15 is 0 Å². The molecule has 1 N–H and O–H groups in total. The molecule has 0 radical (unpaired) electrons. The fraction of sp³-hybridized carbons (Fsp3) is 0. The molecule has 0 amide bonds. The van der Waals surface area contributed by atoms with Gasteiger partial charge in [-0.15, -0.1) is 11.3 Å². The second-order valence-corrected chi connectivity index (χ2v) is 10.7. The van der Waals surface area contributed by atoms with Crippen LogP contribution in [0.4, 0.5) is 0 Å². The van der Waals surface area contributed by atoms with Gasteiger partial charge in [-0.05, 0) is 88.0 Å². The molecule has 0 saturated heterocycles. The van der Waals surface area contributed by atoms with Crippen LogP contribution >= 0.6 is 38.9 Å². The summed E-state index contributed by atoms with van der Waals surface area (Å²) in [6, 6.07) is 35.0. The molecule has 1 heterocycles. The number of rotatable bonds is 3. The van der Waals surface area contributed by atoms with E-state index in [4.69, 9.17) is 11.6 Å². The molecule has 0 fully saturated rings. The zero-order chi connectivity index (χ0) is 23.2. The maximum Gasteiger partial charge on any atom is 0.116 e. The second kappa shape index (κ2) is 8.59. The third kappa shape index (κ3) is 3.90. The summed E-state index contributed by atoms with van der Waals surface area (Å²) in [5.41, 5.74) is 6.67. The van der Waals surface area contributed by atoms with Crippen LogP contribution in [0.1, 0.15) is 0 Å². The molecule has 0 aliphatic heterocycles. The number of hydrogen-bond acceptors (Lipinski definition) is 2. The van der Waals surface area contributed by atoms with Crippen molar-refractivity contribution in [3.8, 4) is 39.1 Å². The van der Waals surface area contributed by atoms with Crippen molar-refractivity contribution in [1.29, 1.82) is 0 Å². The van der Waals surface area contributed by atoms with Crippen LogP contribution in [0.15, 0.2) is 108 Å². The van der Waals surface area contributed by atoms with E-state index in [1.807, 2.05) is 42.5 Å². The number of phenols is 1. The molecule has 0 spiro atoms. The fourth-order valence-corrected chi connectivity index (χ4v) is 6.29. The maximum atomic E-state index is 10.1. The molecule has 0 aliphatic carbocycles. The molecular weight excluding hydrogens is 524 g/mol. The van der Waals surface area contributed by atoms with E-state index in [1.54, 1.807) is 17.4 Å². The molecule has 1 aromatic heterocycles. The highest BCUT2D eigenvalue weighted by atomic mass is 79.9. The maximum absolute atomic E-state index is 10.1. The molecule has 4 heteroatoms. The predicted octanol–water partition coefficient (Wildman–Crippen LogP) is 10.2. The zero-order valence-electron chi connectivity index (χ0n) is 17.9. The smallest absolute Gasteiger partial charge is 0.116 e. The summed E-state index contributed by atoms with van der Waals surface area (Å²) < 4.78 is 3.49. The molecule has 1 nitrogen and oxygen atoms in total. The first-order valence-electron chi connectivity index (χ1n) is 10.9. The normalized spacial score (nSPS) is 11.4. The summed E-state index contributed by atoms with van der Waals surface area (Å²) >= 11 is 11.7. The molecule has 5 aromatic carbocycles. The van der Waals surface area contributed by atoms with Crippen molar-refractivity contribution in [2.75, 3.05) is 0 Å². The molecule has 6 aromatic rings. The first-order valence-corrected chi connectivity index (χ1v) is 12.9. The molecule has 0 unspecified atom stereocenters. The van der Waals surface area contributed by atoms with E-state index in [0.717, 1.165) is 37.3 Å². The van der Waals surface area contributed by atoms with Crippen LogP contribution in [0.5, 0.6) is 5.75 Å². The van der Waals surface area contributed by atoms with Crippen LogP contribution in [0, 0.1) is 0 Å². The number of thiophene rings is 1. The Morgan fingerprint density at radius 2 is 1.32 bits per heavy atom. The van der Waals surface area contributed by atoms with E-state index in [1.165, 1.54) is 25.7 Å². The topological polar surface area (TPSA) is 20.2 Å². The number of phenolic OH excluding ortho intramolecular Hbond substituents is 1. The lowest BCUT2D eigenvalue weighted by Gasteiger charge is -2.10. The number of halogens is 2. The summed E-state index contributed by atoms with van der Waals surface area (Å²) in [7, 11) is 0. The van der Waals surface area contributed by atoms with E-state index in [-0.39, 0.29) is 5.75 Å². The lowest BCUT2D eigenvalue weighted by atomic mass is 9.94. The lowest BCUT2D eigenvalue weighted by molar-refractivity contribution is 0.475. The van der Waals surface area contributed by atoms with Crippen LogP contribution in [0.2, 0.25) is 5.02 Å². The Morgan fingerprint density at radius 1 is 0.618 bits per heavy atom. The monoisotopic (exact) mass is 540 g/mol. The van der Waals surface area contributed by atoms with Gasteiger partial charge < -0.3 is 5.11 Å². The zero-order valence-corrected chi connectivity index (χ0v) is 21.1. The molecule has 0 bridgehead atoms. The van der Waals surface area contributed by atoms with Crippen LogP contribution in [0.25, 0.3) is 53.6 Å². The highest BCUT2D eigenvalue weighted by Gasteiger charge is 2.15. The van der Waals surface area contributed by atoms with Gasteiger partial charge in [0.15, 0.2) is 0 Å².